The van der Waals surface area contributed by atoms with Crippen LogP contribution in [0.25, 0.3) is 0 Å². The topological polar surface area (TPSA) is 49.8 Å². The summed E-state index contributed by atoms with van der Waals surface area (Å²) in [5, 5.41) is 6.76. The van der Waals surface area contributed by atoms with Gasteiger partial charge < -0.3 is 10.6 Å². The Morgan fingerprint density at radius 2 is 1.64 bits per heavy atom. The number of hydrogen-bond donors (Lipinski definition) is 2. The van der Waals surface area contributed by atoms with Crippen LogP contribution in [0.4, 0.5) is 17.5 Å². The van der Waals surface area contributed by atoms with Crippen molar-refractivity contribution in [1.82, 2.24) is 9.97 Å². The lowest BCUT2D eigenvalue weighted by molar-refractivity contribution is 1.04. The number of aryl methyl sites for hydroxylation is 3. The van der Waals surface area contributed by atoms with E-state index in [0.29, 0.717) is 12.5 Å². The van der Waals surface area contributed by atoms with Crippen molar-refractivity contribution in [3.63, 3.8) is 0 Å². The van der Waals surface area contributed by atoms with Crippen molar-refractivity contribution < 1.29 is 0 Å². The first-order valence-electron chi connectivity index (χ1n) is 8.64. The largest absolute Gasteiger partial charge is 0.350 e. The minimum Gasteiger partial charge on any atom is -0.350 e. The highest BCUT2D eigenvalue weighted by Gasteiger charge is 2.06. The molecule has 0 aliphatic carbocycles. The number of hydrogen-bond acceptors (Lipinski definition) is 4. The third-order valence-corrected chi connectivity index (χ3v) is 4.35. The van der Waals surface area contributed by atoms with Crippen LogP contribution in [0.1, 0.15) is 29.2 Å². The zero-order valence-corrected chi connectivity index (χ0v) is 15.0. The van der Waals surface area contributed by atoms with Gasteiger partial charge in [-0.25, -0.2) is 4.98 Å². The summed E-state index contributed by atoms with van der Waals surface area (Å²) >= 11 is 0. The van der Waals surface area contributed by atoms with Gasteiger partial charge in [0.25, 0.3) is 0 Å². The zero-order chi connectivity index (χ0) is 17.6. The van der Waals surface area contributed by atoms with E-state index in [4.69, 9.17) is 0 Å². The van der Waals surface area contributed by atoms with Crippen LogP contribution >= 0.6 is 0 Å². The highest BCUT2D eigenvalue weighted by atomic mass is 15.1. The molecule has 0 atom stereocenters. The second-order valence-corrected chi connectivity index (χ2v) is 6.13. The van der Waals surface area contributed by atoms with Crippen molar-refractivity contribution in [3.8, 4) is 0 Å². The highest BCUT2D eigenvalue weighted by molar-refractivity contribution is 5.65. The smallest absolute Gasteiger partial charge is 0.224 e. The Morgan fingerprint density at radius 1 is 0.880 bits per heavy atom. The lowest BCUT2D eigenvalue weighted by atomic mass is 10.1. The number of anilines is 3. The average Bonchev–Trinajstić information content (AvgIpc) is 2.63. The third-order valence-electron chi connectivity index (χ3n) is 4.35. The molecule has 0 amide bonds. The molecule has 0 radical (unpaired) electrons. The lowest BCUT2D eigenvalue weighted by Gasteiger charge is -2.14. The Bertz CT molecular complexity index is 858. The quantitative estimate of drug-likeness (QED) is 0.666. The van der Waals surface area contributed by atoms with E-state index in [2.05, 4.69) is 71.7 Å². The van der Waals surface area contributed by atoms with Gasteiger partial charge in [0.1, 0.15) is 5.82 Å². The van der Waals surface area contributed by atoms with Crippen LogP contribution < -0.4 is 10.6 Å². The Morgan fingerprint density at radius 3 is 2.44 bits per heavy atom. The summed E-state index contributed by atoms with van der Waals surface area (Å²) in [7, 11) is 0. The van der Waals surface area contributed by atoms with Crippen molar-refractivity contribution in [2.24, 2.45) is 0 Å². The number of para-hydroxylation sites is 1. The molecule has 0 fully saturated rings. The van der Waals surface area contributed by atoms with Crippen molar-refractivity contribution in [2.45, 2.75) is 33.7 Å². The summed E-state index contributed by atoms with van der Waals surface area (Å²) in [6.07, 6.45) is 2.76. The molecule has 3 rings (SSSR count). The molecule has 0 bridgehead atoms. The van der Waals surface area contributed by atoms with E-state index in [1.165, 1.54) is 22.3 Å². The van der Waals surface area contributed by atoms with Crippen LogP contribution in [0.2, 0.25) is 0 Å². The number of rotatable bonds is 6. The van der Waals surface area contributed by atoms with E-state index in [0.717, 1.165) is 17.9 Å². The predicted octanol–water partition coefficient (Wildman–Crippen LogP) is 5.01. The van der Waals surface area contributed by atoms with Crippen LogP contribution in [0.15, 0.2) is 54.7 Å². The Labute approximate surface area is 149 Å². The Balaban J connectivity index is 1.75. The fourth-order valence-electron chi connectivity index (χ4n) is 2.83. The molecule has 4 heteroatoms. The van der Waals surface area contributed by atoms with Gasteiger partial charge in [-0.3, -0.25) is 0 Å². The van der Waals surface area contributed by atoms with E-state index in [-0.39, 0.29) is 0 Å². The van der Waals surface area contributed by atoms with E-state index in [1.807, 2.05) is 18.2 Å². The number of aromatic nitrogens is 2. The van der Waals surface area contributed by atoms with E-state index < -0.39 is 0 Å². The van der Waals surface area contributed by atoms with Crippen molar-refractivity contribution >= 4 is 17.5 Å². The zero-order valence-electron chi connectivity index (χ0n) is 15.0. The number of benzene rings is 2. The maximum absolute atomic E-state index is 4.60. The van der Waals surface area contributed by atoms with Crippen LogP contribution in [-0.4, -0.2) is 9.97 Å². The van der Waals surface area contributed by atoms with Gasteiger partial charge in [0.05, 0.1) is 0 Å². The molecule has 128 valence electrons. The summed E-state index contributed by atoms with van der Waals surface area (Å²) in [5.74, 6) is 1.42. The molecule has 1 aromatic heterocycles. The van der Waals surface area contributed by atoms with Crippen molar-refractivity contribution in [1.29, 1.82) is 0 Å². The van der Waals surface area contributed by atoms with Crippen LogP contribution in [0.5, 0.6) is 0 Å². The van der Waals surface area contributed by atoms with Gasteiger partial charge in [0.2, 0.25) is 5.95 Å². The maximum atomic E-state index is 4.60. The average molecular weight is 332 g/mol. The lowest BCUT2D eigenvalue weighted by Crippen LogP contribution is -2.06. The van der Waals surface area contributed by atoms with Crippen LogP contribution in [0, 0.1) is 13.8 Å². The second-order valence-electron chi connectivity index (χ2n) is 6.13. The van der Waals surface area contributed by atoms with Gasteiger partial charge in [0.15, 0.2) is 0 Å². The van der Waals surface area contributed by atoms with Gasteiger partial charge >= 0.3 is 0 Å². The summed E-state index contributed by atoms with van der Waals surface area (Å²) in [6.45, 7) is 7.09. The molecule has 0 saturated heterocycles. The van der Waals surface area contributed by atoms with E-state index >= 15 is 0 Å². The highest BCUT2D eigenvalue weighted by Crippen LogP contribution is 2.24. The minimum absolute atomic E-state index is 0.625. The minimum atomic E-state index is 0.625. The fraction of sp³-hybridized carbons (Fsp3) is 0.238. The third kappa shape index (κ3) is 4.15. The molecule has 3 aromatic rings. The SMILES string of the molecule is CCc1cccc(C)c1Nc1ccnc(NCc2ccccc2C)n1. The summed E-state index contributed by atoms with van der Waals surface area (Å²) in [5.41, 5.74) is 6.14. The number of nitrogens with one attached hydrogen (secondary N) is 2. The molecule has 1 heterocycles. The molecular weight excluding hydrogens is 308 g/mol. The summed E-state index contributed by atoms with van der Waals surface area (Å²) < 4.78 is 0. The molecule has 0 saturated carbocycles. The first-order valence-corrected chi connectivity index (χ1v) is 8.64. The normalized spacial score (nSPS) is 10.5. The van der Waals surface area contributed by atoms with Gasteiger partial charge in [0, 0.05) is 18.4 Å². The fourth-order valence-corrected chi connectivity index (χ4v) is 2.83. The monoisotopic (exact) mass is 332 g/mol. The first-order chi connectivity index (χ1) is 12.2. The van der Waals surface area contributed by atoms with Gasteiger partial charge in [-0.1, -0.05) is 49.4 Å². The molecule has 0 spiro atoms. The summed E-state index contributed by atoms with van der Waals surface area (Å²) in [6, 6.07) is 16.6. The molecular formula is C21H24N4. The van der Waals surface area contributed by atoms with Crippen LogP contribution in [-0.2, 0) is 13.0 Å². The summed E-state index contributed by atoms with van der Waals surface area (Å²) in [4.78, 5) is 8.92. The van der Waals surface area contributed by atoms with Gasteiger partial charge in [-0.15, -0.1) is 0 Å². The molecule has 0 unspecified atom stereocenters. The van der Waals surface area contributed by atoms with Crippen LogP contribution in [0.3, 0.4) is 0 Å². The number of nitrogens with zero attached hydrogens (tertiary/aromatic N) is 2. The standard InChI is InChI=1S/C21H24N4/c1-4-17-11-7-9-16(3)20(17)24-19-12-13-22-21(25-19)23-14-18-10-6-5-8-15(18)2/h5-13H,4,14H2,1-3H3,(H2,22,23,24,25). The van der Waals surface area contributed by atoms with E-state index in [9.17, 15) is 0 Å². The molecule has 2 N–H and O–H groups in total. The molecule has 0 aliphatic rings. The van der Waals surface area contributed by atoms with E-state index in [1.54, 1.807) is 6.20 Å². The molecule has 25 heavy (non-hydrogen) atoms. The van der Waals surface area contributed by atoms with Crippen molar-refractivity contribution in [2.75, 3.05) is 10.6 Å². The predicted molar refractivity (Wildman–Crippen MR) is 104 cm³/mol. The molecule has 0 aliphatic heterocycles. The first kappa shape index (κ1) is 17.0. The Hall–Kier alpha value is -2.88. The second kappa shape index (κ2) is 7.79. The Kier molecular flexibility index (Phi) is 5.29. The van der Waals surface area contributed by atoms with Gasteiger partial charge in [-0.2, -0.15) is 4.98 Å². The maximum Gasteiger partial charge on any atom is 0.224 e. The van der Waals surface area contributed by atoms with Gasteiger partial charge in [-0.05, 0) is 48.6 Å². The van der Waals surface area contributed by atoms with Crippen molar-refractivity contribution in [3.05, 3.63) is 77.0 Å². The molecule has 2 aromatic carbocycles. The molecule has 4 nitrogen and oxygen atoms in total.